The number of rotatable bonds is 3. The summed E-state index contributed by atoms with van der Waals surface area (Å²) in [5.74, 6) is -0.325. The number of nitrogens with zero attached hydrogens (tertiary/aromatic N) is 2. The maximum Gasteiger partial charge on any atom is 0.338 e. The van der Waals surface area contributed by atoms with Gasteiger partial charge < -0.3 is 4.74 Å². The first-order valence-corrected chi connectivity index (χ1v) is 8.09. The molecule has 0 unspecified atom stereocenters. The number of carbonyl (C=O) groups excluding carboxylic acids is 1. The maximum absolute atomic E-state index is 11.9. The van der Waals surface area contributed by atoms with Crippen molar-refractivity contribution in [1.29, 1.82) is 0 Å². The van der Waals surface area contributed by atoms with Gasteiger partial charge in [0.2, 0.25) is 0 Å². The Morgan fingerprint density at radius 2 is 1.95 bits per heavy atom. The summed E-state index contributed by atoms with van der Waals surface area (Å²) in [5, 5.41) is 0.895. The molecule has 0 aliphatic heterocycles. The summed E-state index contributed by atoms with van der Waals surface area (Å²) in [7, 11) is 1.40. The lowest BCUT2D eigenvalue weighted by atomic mass is 10.1. The highest BCUT2D eigenvalue weighted by atomic mass is 32.2. The molecule has 0 aliphatic rings. The van der Waals surface area contributed by atoms with Gasteiger partial charge in [-0.3, -0.25) is 4.57 Å². The fourth-order valence-corrected chi connectivity index (χ4v) is 3.14. The van der Waals surface area contributed by atoms with E-state index < -0.39 is 0 Å². The number of benzene rings is 2. The fraction of sp³-hybridized carbons (Fsp3) is 0.176. The van der Waals surface area contributed by atoms with Crippen molar-refractivity contribution in [3.63, 3.8) is 0 Å². The first kappa shape index (κ1) is 14.7. The lowest BCUT2D eigenvalue weighted by Gasteiger charge is -2.13. The third-order valence-electron chi connectivity index (χ3n) is 3.66. The number of para-hydroxylation sites is 2. The standard InChI is InChI=1S/C17H16N2O2S/c1-11-12(16(20)21-2)7-6-10-14(11)19-15-9-5-4-8-13(15)18-17(19)22-3/h4-10H,1-3H3. The molecule has 0 bridgehead atoms. The number of imidazole rings is 1. The zero-order valence-corrected chi connectivity index (χ0v) is 13.5. The predicted octanol–water partition coefficient (Wildman–Crippen LogP) is 3.84. The van der Waals surface area contributed by atoms with Crippen LogP contribution in [-0.4, -0.2) is 28.9 Å². The highest BCUT2D eigenvalue weighted by Crippen LogP contribution is 2.29. The van der Waals surface area contributed by atoms with Crippen LogP contribution >= 0.6 is 11.8 Å². The Balaban J connectivity index is 2.30. The molecule has 22 heavy (non-hydrogen) atoms. The molecule has 4 nitrogen and oxygen atoms in total. The highest BCUT2D eigenvalue weighted by molar-refractivity contribution is 7.98. The maximum atomic E-state index is 11.9. The summed E-state index contributed by atoms with van der Waals surface area (Å²) in [5.41, 5.74) is 4.37. The summed E-state index contributed by atoms with van der Waals surface area (Å²) in [6, 6.07) is 13.6. The zero-order valence-electron chi connectivity index (χ0n) is 12.7. The van der Waals surface area contributed by atoms with Crippen molar-refractivity contribution < 1.29 is 9.53 Å². The third kappa shape index (κ3) is 2.27. The molecular formula is C17H16N2O2S. The number of aromatic nitrogens is 2. The minimum atomic E-state index is -0.325. The van der Waals surface area contributed by atoms with Gasteiger partial charge in [0, 0.05) is 0 Å². The van der Waals surface area contributed by atoms with Gasteiger partial charge in [-0.1, -0.05) is 30.0 Å². The van der Waals surface area contributed by atoms with Crippen LogP contribution in [0.5, 0.6) is 0 Å². The van der Waals surface area contributed by atoms with Crippen LogP contribution in [0.4, 0.5) is 0 Å². The number of carbonyl (C=O) groups is 1. The van der Waals surface area contributed by atoms with Crippen molar-refractivity contribution in [2.24, 2.45) is 0 Å². The normalized spacial score (nSPS) is 10.9. The molecule has 3 rings (SSSR count). The number of hydrogen-bond donors (Lipinski definition) is 0. The van der Waals surface area contributed by atoms with Gasteiger partial charge in [-0.25, -0.2) is 9.78 Å². The topological polar surface area (TPSA) is 44.1 Å². The average Bonchev–Trinajstić information content (AvgIpc) is 2.93. The molecule has 0 aliphatic carbocycles. The lowest BCUT2D eigenvalue weighted by molar-refractivity contribution is 0.0600. The molecule has 0 fully saturated rings. The Labute approximate surface area is 133 Å². The van der Waals surface area contributed by atoms with E-state index in [2.05, 4.69) is 9.55 Å². The number of methoxy groups -OCH3 is 1. The molecule has 0 spiro atoms. The second-order valence-corrected chi connectivity index (χ2v) is 5.64. The van der Waals surface area contributed by atoms with E-state index in [1.807, 2.05) is 49.6 Å². The van der Waals surface area contributed by atoms with Crippen LogP contribution in [0, 0.1) is 6.92 Å². The van der Waals surface area contributed by atoms with Crippen LogP contribution in [0.3, 0.4) is 0 Å². The summed E-state index contributed by atoms with van der Waals surface area (Å²) >= 11 is 1.58. The van der Waals surface area contributed by atoms with Crippen molar-refractivity contribution in [1.82, 2.24) is 9.55 Å². The monoisotopic (exact) mass is 312 g/mol. The van der Waals surface area contributed by atoms with Gasteiger partial charge in [0.25, 0.3) is 0 Å². The molecule has 1 aromatic heterocycles. The van der Waals surface area contributed by atoms with E-state index in [1.165, 1.54) is 7.11 Å². The average molecular weight is 312 g/mol. The van der Waals surface area contributed by atoms with Gasteiger partial charge in [0.1, 0.15) is 0 Å². The Morgan fingerprint density at radius 3 is 2.68 bits per heavy atom. The van der Waals surface area contributed by atoms with E-state index in [1.54, 1.807) is 17.8 Å². The number of esters is 1. The van der Waals surface area contributed by atoms with Crippen molar-refractivity contribution in [3.05, 3.63) is 53.6 Å². The number of hydrogen-bond acceptors (Lipinski definition) is 4. The Bertz CT molecular complexity index is 855. The van der Waals surface area contributed by atoms with Gasteiger partial charge in [0.15, 0.2) is 5.16 Å². The molecule has 3 aromatic rings. The van der Waals surface area contributed by atoms with Gasteiger partial charge in [-0.05, 0) is 43.0 Å². The first-order chi connectivity index (χ1) is 10.7. The Morgan fingerprint density at radius 1 is 1.18 bits per heavy atom. The van der Waals surface area contributed by atoms with Crippen LogP contribution in [0.2, 0.25) is 0 Å². The molecule has 0 N–H and O–H groups in total. The van der Waals surface area contributed by atoms with Gasteiger partial charge in [-0.15, -0.1) is 0 Å². The van der Waals surface area contributed by atoms with E-state index in [0.29, 0.717) is 5.56 Å². The fourth-order valence-electron chi connectivity index (χ4n) is 2.57. The SMILES string of the molecule is COC(=O)c1cccc(-n2c(SC)nc3ccccc32)c1C. The van der Waals surface area contributed by atoms with E-state index in [4.69, 9.17) is 4.74 Å². The molecule has 0 amide bonds. The van der Waals surface area contributed by atoms with Gasteiger partial charge in [-0.2, -0.15) is 0 Å². The van der Waals surface area contributed by atoms with E-state index in [-0.39, 0.29) is 5.97 Å². The zero-order chi connectivity index (χ0) is 15.7. The van der Waals surface area contributed by atoms with Gasteiger partial charge >= 0.3 is 5.97 Å². The Kier molecular flexibility index (Phi) is 3.90. The van der Waals surface area contributed by atoms with E-state index in [0.717, 1.165) is 27.4 Å². The second kappa shape index (κ2) is 5.85. The molecule has 0 saturated heterocycles. The summed E-state index contributed by atoms with van der Waals surface area (Å²) in [4.78, 5) is 16.6. The van der Waals surface area contributed by atoms with Crippen LogP contribution in [-0.2, 0) is 4.74 Å². The summed E-state index contributed by atoms with van der Waals surface area (Å²) in [6.45, 7) is 1.93. The minimum absolute atomic E-state index is 0.325. The molecule has 0 saturated carbocycles. The Hall–Kier alpha value is -2.27. The highest BCUT2D eigenvalue weighted by Gasteiger charge is 2.17. The summed E-state index contributed by atoms with van der Waals surface area (Å²) in [6.07, 6.45) is 2.00. The number of fused-ring (bicyclic) bond motifs is 1. The molecule has 0 atom stereocenters. The van der Waals surface area contributed by atoms with Crippen LogP contribution in [0.1, 0.15) is 15.9 Å². The minimum Gasteiger partial charge on any atom is -0.465 e. The van der Waals surface area contributed by atoms with Crippen LogP contribution in [0.15, 0.2) is 47.6 Å². The first-order valence-electron chi connectivity index (χ1n) is 6.87. The summed E-state index contributed by atoms with van der Waals surface area (Å²) < 4.78 is 6.95. The van der Waals surface area contributed by atoms with Crippen molar-refractivity contribution in [2.45, 2.75) is 12.1 Å². The smallest absolute Gasteiger partial charge is 0.338 e. The molecule has 0 radical (unpaired) electrons. The lowest BCUT2D eigenvalue weighted by Crippen LogP contribution is -2.07. The second-order valence-electron chi connectivity index (χ2n) is 4.86. The van der Waals surface area contributed by atoms with Gasteiger partial charge in [0.05, 0.1) is 29.4 Å². The van der Waals surface area contributed by atoms with Crippen molar-refractivity contribution in [2.75, 3.05) is 13.4 Å². The molecular weight excluding hydrogens is 296 g/mol. The quantitative estimate of drug-likeness (QED) is 0.544. The predicted molar refractivity (Wildman–Crippen MR) is 88.9 cm³/mol. The molecule has 2 aromatic carbocycles. The molecule has 112 valence electrons. The largest absolute Gasteiger partial charge is 0.465 e. The molecule has 5 heteroatoms. The van der Waals surface area contributed by atoms with Crippen LogP contribution in [0.25, 0.3) is 16.7 Å². The third-order valence-corrected chi connectivity index (χ3v) is 4.30. The van der Waals surface area contributed by atoms with E-state index in [9.17, 15) is 4.79 Å². The molecule has 1 heterocycles. The van der Waals surface area contributed by atoms with Crippen molar-refractivity contribution >= 4 is 28.8 Å². The number of thioether (sulfide) groups is 1. The number of ether oxygens (including phenoxy) is 1. The van der Waals surface area contributed by atoms with E-state index >= 15 is 0 Å². The van der Waals surface area contributed by atoms with Crippen molar-refractivity contribution in [3.8, 4) is 5.69 Å². The van der Waals surface area contributed by atoms with Crippen LogP contribution < -0.4 is 0 Å².